The van der Waals surface area contributed by atoms with E-state index in [-0.39, 0.29) is 34.1 Å². The number of sulfone groups is 1. The summed E-state index contributed by atoms with van der Waals surface area (Å²) in [6, 6.07) is 10.1. The Kier molecular flexibility index (Phi) is 8.44. The van der Waals surface area contributed by atoms with Crippen LogP contribution in [-0.4, -0.2) is 64.3 Å². The summed E-state index contributed by atoms with van der Waals surface area (Å²) >= 11 is 0. The summed E-state index contributed by atoms with van der Waals surface area (Å²) in [5.41, 5.74) is 0.320. The maximum atomic E-state index is 13.7. The molecule has 13 heteroatoms. The Hall–Kier alpha value is -3.68. The molecule has 1 aromatic carbocycles. The van der Waals surface area contributed by atoms with Gasteiger partial charge in [0.25, 0.3) is 0 Å². The molecule has 42 heavy (non-hydrogen) atoms. The first-order chi connectivity index (χ1) is 19.9. The standard InChI is InChI=1S/C29H31F3N6O3S/c1-4-12-42(39,40)22-9-7-21(8-10-22)35-28-27-24(36-25(37-28)17-38-15-18(2)41-19(3)16-38)13-20(14-34-27)26-23(29(30,31)32)6-5-11-33-26/h5-11,13-14,18-19H,4,12,15-17H2,1-3H3,(H,35,36,37)/t18-,19+. The largest absolute Gasteiger partial charge is 0.418 e. The SMILES string of the molecule is CCCS(=O)(=O)c1ccc(Nc2nc(CN3C[C@@H](C)O[C@@H](C)C3)nc3cc(-c4ncccc4C(F)(F)F)cnc23)cc1. The number of fused-ring (bicyclic) bond motifs is 1. The molecule has 2 atom stereocenters. The maximum absolute atomic E-state index is 13.7. The number of nitrogens with zero attached hydrogens (tertiary/aromatic N) is 5. The van der Waals surface area contributed by atoms with Crippen molar-refractivity contribution in [2.24, 2.45) is 0 Å². The average Bonchev–Trinajstić information content (AvgIpc) is 2.92. The molecule has 4 heterocycles. The highest BCUT2D eigenvalue weighted by Gasteiger charge is 2.34. The molecule has 1 aliphatic rings. The molecule has 5 rings (SSSR count). The molecule has 0 amide bonds. The Labute approximate surface area is 242 Å². The van der Waals surface area contributed by atoms with Crippen molar-refractivity contribution in [3.8, 4) is 11.3 Å². The van der Waals surface area contributed by atoms with E-state index in [1.807, 2.05) is 13.8 Å². The zero-order valence-corrected chi connectivity index (χ0v) is 24.2. The molecule has 222 valence electrons. The lowest BCUT2D eigenvalue weighted by Crippen LogP contribution is -2.45. The van der Waals surface area contributed by atoms with Crippen LogP contribution in [0.25, 0.3) is 22.3 Å². The van der Waals surface area contributed by atoms with Gasteiger partial charge in [-0.25, -0.2) is 23.4 Å². The molecule has 4 aromatic rings. The summed E-state index contributed by atoms with van der Waals surface area (Å²) in [4.78, 5) is 20.2. The predicted octanol–water partition coefficient (Wildman–Crippen LogP) is 5.64. The highest BCUT2D eigenvalue weighted by molar-refractivity contribution is 7.91. The van der Waals surface area contributed by atoms with Gasteiger partial charge in [-0.15, -0.1) is 0 Å². The van der Waals surface area contributed by atoms with Crippen molar-refractivity contribution < 1.29 is 26.3 Å². The third-order valence-electron chi connectivity index (χ3n) is 6.78. The number of alkyl halides is 3. The number of nitrogens with one attached hydrogen (secondary N) is 1. The second-order valence-corrected chi connectivity index (χ2v) is 12.5. The van der Waals surface area contributed by atoms with Gasteiger partial charge in [-0.05, 0) is 62.7 Å². The summed E-state index contributed by atoms with van der Waals surface area (Å²) in [6.45, 7) is 7.51. The Morgan fingerprint density at radius 3 is 2.43 bits per heavy atom. The number of anilines is 2. The minimum atomic E-state index is -4.59. The summed E-state index contributed by atoms with van der Waals surface area (Å²) in [5, 5.41) is 3.20. The Bertz CT molecular complexity index is 1670. The molecule has 0 saturated carbocycles. The van der Waals surface area contributed by atoms with E-state index in [0.717, 1.165) is 6.07 Å². The van der Waals surface area contributed by atoms with Crippen LogP contribution in [0.15, 0.2) is 59.8 Å². The highest BCUT2D eigenvalue weighted by atomic mass is 32.2. The van der Waals surface area contributed by atoms with Gasteiger partial charge in [0, 0.05) is 36.7 Å². The van der Waals surface area contributed by atoms with Crippen molar-refractivity contribution in [3.63, 3.8) is 0 Å². The van der Waals surface area contributed by atoms with Gasteiger partial charge >= 0.3 is 6.18 Å². The summed E-state index contributed by atoms with van der Waals surface area (Å²) < 4.78 is 71.9. The number of rotatable bonds is 8. The third-order valence-corrected chi connectivity index (χ3v) is 8.71. The molecular weight excluding hydrogens is 569 g/mol. The predicted molar refractivity (Wildman–Crippen MR) is 153 cm³/mol. The number of ether oxygens (including phenoxy) is 1. The third kappa shape index (κ3) is 6.69. The van der Waals surface area contributed by atoms with E-state index in [4.69, 9.17) is 9.72 Å². The lowest BCUT2D eigenvalue weighted by atomic mass is 10.1. The van der Waals surface area contributed by atoms with Gasteiger partial charge in [-0.1, -0.05) is 6.92 Å². The minimum Gasteiger partial charge on any atom is -0.373 e. The molecule has 1 saturated heterocycles. The Balaban J connectivity index is 1.56. The van der Waals surface area contributed by atoms with Crippen LogP contribution in [0.2, 0.25) is 0 Å². The van der Waals surface area contributed by atoms with E-state index in [1.165, 1.54) is 36.7 Å². The van der Waals surface area contributed by atoms with Gasteiger partial charge in [-0.3, -0.25) is 9.88 Å². The fourth-order valence-corrected chi connectivity index (χ4v) is 6.42. The molecule has 9 nitrogen and oxygen atoms in total. The first-order valence-electron chi connectivity index (χ1n) is 13.6. The topological polar surface area (TPSA) is 110 Å². The van der Waals surface area contributed by atoms with Crippen LogP contribution < -0.4 is 5.32 Å². The van der Waals surface area contributed by atoms with Crippen molar-refractivity contribution in [2.75, 3.05) is 24.2 Å². The minimum absolute atomic E-state index is 0.0208. The van der Waals surface area contributed by atoms with Crippen molar-refractivity contribution in [2.45, 2.75) is 57.0 Å². The lowest BCUT2D eigenvalue weighted by molar-refractivity contribution is -0.137. The number of hydrogen-bond donors (Lipinski definition) is 1. The van der Waals surface area contributed by atoms with Crippen molar-refractivity contribution >= 4 is 32.4 Å². The summed E-state index contributed by atoms with van der Waals surface area (Å²) in [7, 11) is -3.38. The van der Waals surface area contributed by atoms with Gasteiger partial charge in [0.05, 0.1) is 46.2 Å². The number of morpholine rings is 1. The molecule has 0 spiro atoms. The average molecular weight is 601 g/mol. The fourth-order valence-electron chi connectivity index (χ4n) is 5.10. The van der Waals surface area contributed by atoms with E-state index in [2.05, 4.69) is 25.2 Å². The fraction of sp³-hybridized carbons (Fsp3) is 0.379. The monoisotopic (exact) mass is 600 g/mol. The van der Waals surface area contributed by atoms with Crippen LogP contribution >= 0.6 is 0 Å². The molecule has 0 aliphatic carbocycles. The number of pyridine rings is 2. The first-order valence-corrected chi connectivity index (χ1v) is 15.2. The number of aromatic nitrogens is 4. The zero-order chi connectivity index (χ0) is 30.1. The van der Waals surface area contributed by atoms with Crippen molar-refractivity contribution in [1.29, 1.82) is 0 Å². The molecule has 0 bridgehead atoms. The smallest absolute Gasteiger partial charge is 0.373 e. The van der Waals surface area contributed by atoms with Crippen LogP contribution in [0.1, 0.15) is 38.6 Å². The van der Waals surface area contributed by atoms with Crippen LogP contribution in [0.3, 0.4) is 0 Å². The zero-order valence-electron chi connectivity index (χ0n) is 23.4. The van der Waals surface area contributed by atoms with Crippen LogP contribution in [0.5, 0.6) is 0 Å². The van der Waals surface area contributed by atoms with E-state index >= 15 is 0 Å². The molecule has 1 N–H and O–H groups in total. The van der Waals surface area contributed by atoms with Crippen molar-refractivity contribution in [1.82, 2.24) is 24.8 Å². The van der Waals surface area contributed by atoms with E-state index < -0.39 is 21.6 Å². The molecule has 0 unspecified atom stereocenters. The summed E-state index contributed by atoms with van der Waals surface area (Å²) in [5.74, 6) is 0.846. The second kappa shape index (κ2) is 11.9. The first kappa shape index (κ1) is 29.8. The van der Waals surface area contributed by atoms with Gasteiger partial charge in [0.1, 0.15) is 11.3 Å². The lowest BCUT2D eigenvalue weighted by Gasteiger charge is -2.34. The van der Waals surface area contributed by atoms with E-state index in [0.29, 0.717) is 54.4 Å². The Morgan fingerprint density at radius 1 is 1.05 bits per heavy atom. The molecule has 0 radical (unpaired) electrons. The van der Waals surface area contributed by atoms with E-state index in [9.17, 15) is 21.6 Å². The molecular formula is C29H31F3N6O3S. The van der Waals surface area contributed by atoms with Crippen LogP contribution in [0, 0.1) is 0 Å². The highest BCUT2D eigenvalue weighted by Crippen LogP contribution is 2.36. The normalized spacial score (nSPS) is 18.3. The van der Waals surface area contributed by atoms with E-state index in [1.54, 1.807) is 19.1 Å². The number of halogens is 3. The van der Waals surface area contributed by atoms with Crippen LogP contribution in [0.4, 0.5) is 24.7 Å². The van der Waals surface area contributed by atoms with Gasteiger partial charge < -0.3 is 10.1 Å². The molecule has 1 fully saturated rings. The second-order valence-electron chi connectivity index (χ2n) is 10.4. The van der Waals surface area contributed by atoms with Gasteiger partial charge in [-0.2, -0.15) is 13.2 Å². The Morgan fingerprint density at radius 2 is 1.76 bits per heavy atom. The number of hydrogen-bond acceptors (Lipinski definition) is 9. The summed E-state index contributed by atoms with van der Waals surface area (Å²) in [6.07, 6.45) is -1.42. The van der Waals surface area contributed by atoms with Gasteiger partial charge in [0.15, 0.2) is 15.7 Å². The van der Waals surface area contributed by atoms with Crippen molar-refractivity contribution in [3.05, 3.63) is 66.2 Å². The van der Waals surface area contributed by atoms with Crippen LogP contribution in [-0.2, 0) is 27.3 Å². The molecule has 3 aromatic heterocycles. The molecule has 1 aliphatic heterocycles. The number of benzene rings is 1. The maximum Gasteiger partial charge on any atom is 0.418 e. The quantitative estimate of drug-likeness (QED) is 0.275. The van der Waals surface area contributed by atoms with Gasteiger partial charge in [0.2, 0.25) is 0 Å².